The van der Waals surface area contributed by atoms with E-state index in [0.29, 0.717) is 11.4 Å². The summed E-state index contributed by atoms with van der Waals surface area (Å²) in [6.45, 7) is 1.50. The quantitative estimate of drug-likeness (QED) is 0.776. The van der Waals surface area contributed by atoms with Crippen molar-refractivity contribution in [2.24, 2.45) is 0 Å². The first-order valence-electron chi connectivity index (χ1n) is 7.27. The van der Waals surface area contributed by atoms with Gasteiger partial charge in [0.25, 0.3) is 0 Å². The number of halogens is 1. The summed E-state index contributed by atoms with van der Waals surface area (Å²) in [5.74, 6) is -0.00142. The van der Waals surface area contributed by atoms with Gasteiger partial charge in [0.15, 0.2) is 5.78 Å². The summed E-state index contributed by atoms with van der Waals surface area (Å²) in [4.78, 5) is 24.7. The van der Waals surface area contributed by atoms with Gasteiger partial charge in [0.2, 0.25) is 5.91 Å². The van der Waals surface area contributed by atoms with Crippen molar-refractivity contribution in [1.29, 1.82) is 0 Å². The van der Waals surface area contributed by atoms with Gasteiger partial charge in [-0.1, -0.05) is 54.1 Å². The zero-order valence-electron chi connectivity index (χ0n) is 12.8. The summed E-state index contributed by atoms with van der Waals surface area (Å²) < 4.78 is 0. The Kier molecular flexibility index (Phi) is 6.68. The van der Waals surface area contributed by atoms with Crippen molar-refractivity contribution in [2.45, 2.75) is 24.3 Å². The maximum absolute atomic E-state index is 12.1. The van der Waals surface area contributed by atoms with Gasteiger partial charge in [-0.25, -0.2) is 0 Å². The highest BCUT2D eigenvalue weighted by molar-refractivity contribution is 8.00. The normalized spacial score (nSPS) is 11.7. The fourth-order valence-electron chi connectivity index (χ4n) is 2.09. The Labute approximate surface area is 145 Å². The van der Waals surface area contributed by atoms with Crippen molar-refractivity contribution in [2.75, 3.05) is 5.75 Å². The number of carbonyl (C=O) groups excluding carboxylic acids is 2. The van der Waals surface area contributed by atoms with Gasteiger partial charge < -0.3 is 5.32 Å². The summed E-state index contributed by atoms with van der Waals surface area (Å²) >= 11 is 7.42. The average Bonchev–Trinajstić information content (AvgIpc) is 2.54. The Morgan fingerprint density at radius 2 is 1.74 bits per heavy atom. The molecule has 0 radical (unpaired) electrons. The predicted octanol–water partition coefficient (Wildman–Crippen LogP) is 3.75. The van der Waals surface area contributed by atoms with Crippen molar-refractivity contribution in [1.82, 2.24) is 5.32 Å². The number of hydrogen-bond acceptors (Lipinski definition) is 3. The highest BCUT2D eigenvalue weighted by Gasteiger charge is 2.17. The lowest BCUT2D eigenvalue weighted by Crippen LogP contribution is -2.42. The Morgan fingerprint density at radius 3 is 2.39 bits per heavy atom. The van der Waals surface area contributed by atoms with Crippen LogP contribution in [0.4, 0.5) is 0 Å². The third-order valence-corrected chi connectivity index (χ3v) is 4.82. The number of thioether (sulfide) groups is 1. The molecule has 0 aromatic heterocycles. The van der Waals surface area contributed by atoms with Gasteiger partial charge in [0.05, 0.1) is 16.8 Å². The standard InChI is InChI=1S/C18H18ClNO2S/c1-13(21)16(11-14-7-3-2-4-8-14)20-18(22)12-23-17-10-6-5-9-15(17)19/h2-10,16H,11-12H2,1H3,(H,20,22)/t16-/m0/s1. The van der Waals surface area contributed by atoms with Crippen molar-refractivity contribution in [3.8, 4) is 0 Å². The number of Topliss-reactive ketones (excluding diaryl/α,β-unsaturated/α-hetero) is 1. The number of hydrogen-bond donors (Lipinski definition) is 1. The smallest absolute Gasteiger partial charge is 0.230 e. The predicted molar refractivity (Wildman–Crippen MR) is 94.9 cm³/mol. The molecule has 0 fully saturated rings. The second-order valence-corrected chi connectivity index (χ2v) is 6.56. The monoisotopic (exact) mass is 347 g/mol. The van der Waals surface area contributed by atoms with Crippen LogP contribution in [-0.2, 0) is 16.0 Å². The molecule has 0 saturated heterocycles. The van der Waals surface area contributed by atoms with Crippen LogP contribution < -0.4 is 5.32 Å². The number of rotatable bonds is 7. The molecule has 2 aromatic rings. The van der Waals surface area contributed by atoms with E-state index in [9.17, 15) is 9.59 Å². The van der Waals surface area contributed by atoms with E-state index in [4.69, 9.17) is 11.6 Å². The lowest BCUT2D eigenvalue weighted by atomic mass is 10.0. The number of amides is 1. The first kappa shape index (κ1) is 17.6. The van der Waals surface area contributed by atoms with Crippen molar-refractivity contribution in [3.63, 3.8) is 0 Å². The number of carbonyl (C=O) groups is 2. The van der Waals surface area contributed by atoms with Crippen LogP contribution in [0.5, 0.6) is 0 Å². The van der Waals surface area contributed by atoms with Crippen LogP contribution in [0.15, 0.2) is 59.5 Å². The molecule has 120 valence electrons. The van der Waals surface area contributed by atoms with Crippen LogP contribution in [0, 0.1) is 0 Å². The molecular weight excluding hydrogens is 330 g/mol. The first-order chi connectivity index (χ1) is 11.1. The van der Waals surface area contributed by atoms with E-state index in [2.05, 4.69) is 5.32 Å². The highest BCUT2D eigenvalue weighted by Crippen LogP contribution is 2.26. The molecule has 5 heteroatoms. The van der Waals surface area contributed by atoms with Crippen LogP contribution in [0.2, 0.25) is 5.02 Å². The largest absolute Gasteiger partial charge is 0.345 e. The van der Waals surface area contributed by atoms with Gasteiger partial charge in [-0.05, 0) is 31.0 Å². The molecule has 1 atom stereocenters. The second-order valence-electron chi connectivity index (χ2n) is 5.14. The first-order valence-corrected chi connectivity index (χ1v) is 8.63. The topological polar surface area (TPSA) is 46.2 Å². The Balaban J connectivity index is 1.91. The molecule has 23 heavy (non-hydrogen) atoms. The molecule has 3 nitrogen and oxygen atoms in total. The van der Waals surface area contributed by atoms with E-state index in [0.717, 1.165) is 10.5 Å². The molecule has 1 amide bonds. The van der Waals surface area contributed by atoms with Crippen LogP contribution in [0.1, 0.15) is 12.5 Å². The van der Waals surface area contributed by atoms with E-state index >= 15 is 0 Å². The molecule has 0 unspecified atom stereocenters. The summed E-state index contributed by atoms with van der Waals surface area (Å²) in [6, 6.07) is 16.5. The minimum atomic E-state index is -0.503. The van der Waals surface area contributed by atoms with Crippen LogP contribution in [0.3, 0.4) is 0 Å². The molecular formula is C18H18ClNO2S. The highest BCUT2D eigenvalue weighted by atomic mass is 35.5. The van der Waals surface area contributed by atoms with Crippen molar-refractivity contribution < 1.29 is 9.59 Å². The Bertz CT molecular complexity index is 676. The molecule has 0 heterocycles. The third-order valence-electron chi connectivity index (χ3n) is 3.30. The molecule has 1 N–H and O–H groups in total. The fourth-order valence-corrected chi connectivity index (χ4v) is 3.14. The zero-order chi connectivity index (χ0) is 16.7. The van der Waals surface area contributed by atoms with Crippen LogP contribution in [-0.4, -0.2) is 23.5 Å². The van der Waals surface area contributed by atoms with Crippen LogP contribution in [0.25, 0.3) is 0 Å². The molecule has 0 aliphatic heterocycles. The zero-order valence-corrected chi connectivity index (χ0v) is 14.4. The lowest BCUT2D eigenvalue weighted by molar-refractivity contribution is -0.125. The van der Waals surface area contributed by atoms with Gasteiger partial charge >= 0.3 is 0 Å². The summed E-state index contributed by atoms with van der Waals surface area (Å²) in [6.07, 6.45) is 0.499. The average molecular weight is 348 g/mol. The molecule has 2 rings (SSSR count). The number of ketones is 1. The summed E-state index contributed by atoms with van der Waals surface area (Å²) in [7, 11) is 0. The van der Waals surface area contributed by atoms with Gasteiger partial charge in [-0.3, -0.25) is 9.59 Å². The molecule has 0 aliphatic rings. The van der Waals surface area contributed by atoms with E-state index in [1.165, 1.54) is 18.7 Å². The van der Waals surface area contributed by atoms with Gasteiger partial charge in [-0.2, -0.15) is 0 Å². The number of benzene rings is 2. The van der Waals surface area contributed by atoms with Crippen molar-refractivity contribution in [3.05, 3.63) is 65.2 Å². The molecule has 0 bridgehead atoms. The van der Waals surface area contributed by atoms with Gasteiger partial charge in [0, 0.05) is 4.90 Å². The van der Waals surface area contributed by atoms with Gasteiger partial charge in [-0.15, -0.1) is 11.8 Å². The summed E-state index contributed by atoms with van der Waals surface area (Å²) in [5.41, 5.74) is 1.02. The summed E-state index contributed by atoms with van der Waals surface area (Å²) in [5, 5.41) is 3.43. The maximum atomic E-state index is 12.1. The van der Waals surface area contributed by atoms with Gasteiger partial charge in [0.1, 0.15) is 0 Å². The van der Waals surface area contributed by atoms with E-state index in [1.807, 2.05) is 48.5 Å². The van der Waals surface area contributed by atoms with E-state index < -0.39 is 6.04 Å². The van der Waals surface area contributed by atoms with Crippen LogP contribution >= 0.6 is 23.4 Å². The molecule has 2 aromatic carbocycles. The second kappa shape index (κ2) is 8.75. The number of nitrogens with one attached hydrogen (secondary N) is 1. The van der Waals surface area contributed by atoms with E-state index in [1.54, 1.807) is 6.07 Å². The molecule has 0 saturated carbocycles. The Hall–Kier alpha value is -1.78. The molecule has 0 aliphatic carbocycles. The minimum Gasteiger partial charge on any atom is -0.345 e. The minimum absolute atomic E-state index is 0.0510. The molecule has 0 spiro atoms. The van der Waals surface area contributed by atoms with Crippen molar-refractivity contribution >= 4 is 35.1 Å². The SMILES string of the molecule is CC(=O)[C@H](Cc1ccccc1)NC(=O)CSc1ccccc1Cl. The third kappa shape index (κ3) is 5.73. The lowest BCUT2D eigenvalue weighted by Gasteiger charge is -2.16. The Morgan fingerprint density at radius 1 is 1.09 bits per heavy atom. The fraction of sp³-hybridized carbons (Fsp3) is 0.222. The maximum Gasteiger partial charge on any atom is 0.230 e. The van der Waals surface area contributed by atoms with E-state index in [-0.39, 0.29) is 17.4 Å².